The predicted octanol–water partition coefficient (Wildman–Crippen LogP) is 4.80. The molecule has 8 atom stereocenters. The topological polar surface area (TPSA) is 66.8 Å². The maximum Gasteiger partial charge on any atom is 0.305 e. The first kappa shape index (κ1) is 22.1. The molecule has 3 saturated carbocycles. The molecule has 0 aromatic heterocycles. The van der Waals surface area contributed by atoms with Gasteiger partial charge in [-0.15, -0.1) is 0 Å². The summed E-state index contributed by atoms with van der Waals surface area (Å²) >= 11 is 0. The van der Waals surface area contributed by atoms with E-state index in [1.165, 1.54) is 32.8 Å². The number of ether oxygens (including phenoxy) is 1. The summed E-state index contributed by atoms with van der Waals surface area (Å²) in [5.41, 5.74) is 3.00. The lowest BCUT2D eigenvalue weighted by atomic mass is 9.49. The van der Waals surface area contributed by atoms with Crippen molar-refractivity contribution in [2.45, 2.75) is 90.8 Å². The summed E-state index contributed by atoms with van der Waals surface area (Å²) in [4.78, 5) is 11.5. The summed E-state index contributed by atoms with van der Waals surface area (Å²) in [5, 5.41) is 20.8. The molecular weight excluding hydrogens is 376 g/mol. The summed E-state index contributed by atoms with van der Waals surface area (Å²) in [6, 6.07) is 0. The quantitative estimate of drug-likeness (QED) is 0.632. The van der Waals surface area contributed by atoms with Crippen LogP contribution in [0.2, 0.25) is 0 Å². The van der Waals surface area contributed by atoms with E-state index in [2.05, 4.69) is 32.9 Å². The van der Waals surface area contributed by atoms with Gasteiger partial charge >= 0.3 is 5.97 Å². The molecule has 2 N–H and O–H groups in total. The SMILES string of the molecule is COC(=O)CCC[C@@H](C)[C@H]1CC[C@H]2C3=CC=C4[C@@H](O)[C@@H](O)CC[C@]4(C)[C@H]3CC[C@]12C. The molecule has 168 valence electrons. The van der Waals surface area contributed by atoms with Gasteiger partial charge in [0.25, 0.3) is 0 Å². The number of rotatable bonds is 5. The van der Waals surface area contributed by atoms with Crippen LogP contribution in [0.1, 0.15) is 78.6 Å². The molecule has 0 radical (unpaired) electrons. The lowest BCUT2D eigenvalue weighted by molar-refractivity contribution is -0.140. The van der Waals surface area contributed by atoms with Crippen LogP contribution in [0, 0.1) is 34.5 Å². The third kappa shape index (κ3) is 3.39. The van der Waals surface area contributed by atoms with Crippen molar-refractivity contribution in [2.24, 2.45) is 34.5 Å². The highest BCUT2D eigenvalue weighted by Gasteiger charge is 2.57. The van der Waals surface area contributed by atoms with Gasteiger partial charge in [-0.25, -0.2) is 0 Å². The van der Waals surface area contributed by atoms with Crippen LogP contribution in [0.15, 0.2) is 23.3 Å². The largest absolute Gasteiger partial charge is 0.469 e. The van der Waals surface area contributed by atoms with E-state index >= 15 is 0 Å². The smallest absolute Gasteiger partial charge is 0.305 e. The van der Waals surface area contributed by atoms with Gasteiger partial charge in [0, 0.05) is 6.42 Å². The zero-order chi connectivity index (χ0) is 21.7. The van der Waals surface area contributed by atoms with Gasteiger partial charge in [-0.3, -0.25) is 4.79 Å². The van der Waals surface area contributed by atoms with E-state index in [1.54, 1.807) is 5.57 Å². The van der Waals surface area contributed by atoms with Crippen LogP contribution in [0.3, 0.4) is 0 Å². The maximum atomic E-state index is 11.5. The zero-order valence-electron chi connectivity index (χ0n) is 19.2. The Labute approximate surface area is 181 Å². The summed E-state index contributed by atoms with van der Waals surface area (Å²) in [6.07, 6.45) is 12.3. The molecule has 0 unspecified atom stereocenters. The molecule has 0 spiro atoms. The minimum absolute atomic E-state index is 0.00568. The molecule has 0 aliphatic heterocycles. The van der Waals surface area contributed by atoms with E-state index in [9.17, 15) is 15.0 Å². The van der Waals surface area contributed by atoms with E-state index < -0.39 is 12.2 Å². The van der Waals surface area contributed by atoms with Crippen LogP contribution < -0.4 is 0 Å². The Morgan fingerprint density at radius 2 is 1.90 bits per heavy atom. The first-order chi connectivity index (χ1) is 14.2. The number of carbonyl (C=O) groups is 1. The first-order valence-electron chi connectivity index (χ1n) is 12.1. The highest BCUT2D eigenvalue weighted by Crippen LogP contribution is 2.66. The van der Waals surface area contributed by atoms with Crippen LogP contribution in [0.4, 0.5) is 0 Å². The second-order valence-electron chi connectivity index (χ2n) is 11.0. The van der Waals surface area contributed by atoms with Crippen molar-refractivity contribution in [3.63, 3.8) is 0 Å². The molecule has 30 heavy (non-hydrogen) atoms. The van der Waals surface area contributed by atoms with Crippen LogP contribution in [-0.2, 0) is 9.53 Å². The van der Waals surface area contributed by atoms with Crippen molar-refractivity contribution in [3.8, 4) is 0 Å². The number of methoxy groups -OCH3 is 1. The van der Waals surface area contributed by atoms with Crippen LogP contribution in [0.5, 0.6) is 0 Å². The molecular formula is C26H40O4. The Morgan fingerprint density at radius 1 is 1.13 bits per heavy atom. The summed E-state index contributed by atoms with van der Waals surface area (Å²) in [7, 11) is 1.47. The molecule has 0 bridgehead atoms. The van der Waals surface area contributed by atoms with Crippen LogP contribution in [-0.4, -0.2) is 35.5 Å². The van der Waals surface area contributed by atoms with E-state index in [-0.39, 0.29) is 11.4 Å². The van der Waals surface area contributed by atoms with Crippen molar-refractivity contribution in [2.75, 3.05) is 7.11 Å². The van der Waals surface area contributed by atoms with Crippen LogP contribution >= 0.6 is 0 Å². The van der Waals surface area contributed by atoms with Gasteiger partial charge in [-0.1, -0.05) is 38.5 Å². The van der Waals surface area contributed by atoms with E-state index in [4.69, 9.17) is 4.74 Å². The molecule has 3 fully saturated rings. The second kappa shape index (κ2) is 8.09. The number of allylic oxidation sites excluding steroid dienone is 3. The minimum atomic E-state index is -0.707. The lowest BCUT2D eigenvalue weighted by Gasteiger charge is -2.56. The Hall–Kier alpha value is -1.13. The Bertz CT molecular complexity index is 739. The van der Waals surface area contributed by atoms with Gasteiger partial charge in [-0.2, -0.15) is 0 Å². The number of hydrogen-bond acceptors (Lipinski definition) is 4. The van der Waals surface area contributed by atoms with Gasteiger partial charge < -0.3 is 14.9 Å². The fourth-order valence-electron chi connectivity index (χ4n) is 7.91. The Morgan fingerprint density at radius 3 is 2.63 bits per heavy atom. The summed E-state index contributed by atoms with van der Waals surface area (Å²) in [5.74, 6) is 2.37. The zero-order valence-corrected chi connectivity index (χ0v) is 19.2. The first-order valence-corrected chi connectivity index (χ1v) is 12.1. The van der Waals surface area contributed by atoms with E-state index in [0.29, 0.717) is 41.9 Å². The third-order valence-corrected chi connectivity index (χ3v) is 9.67. The number of aliphatic hydroxyl groups excluding tert-OH is 2. The van der Waals surface area contributed by atoms with Gasteiger partial charge in [0.2, 0.25) is 0 Å². The van der Waals surface area contributed by atoms with Crippen LogP contribution in [0.25, 0.3) is 0 Å². The fourth-order valence-corrected chi connectivity index (χ4v) is 7.91. The summed E-state index contributed by atoms with van der Waals surface area (Å²) < 4.78 is 4.80. The monoisotopic (exact) mass is 416 g/mol. The van der Waals surface area contributed by atoms with Crippen molar-refractivity contribution in [1.82, 2.24) is 0 Å². The number of hydrogen-bond donors (Lipinski definition) is 2. The third-order valence-electron chi connectivity index (χ3n) is 9.67. The van der Waals surface area contributed by atoms with Gasteiger partial charge in [0.1, 0.15) is 6.10 Å². The maximum absolute atomic E-state index is 11.5. The predicted molar refractivity (Wildman–Crippen MR) is 118 cm³/mol. The molecule has 0 heterocycles. The van der Waals surface area contributed by atoms with E-state index in [1.807, 2.05) is 0 Å². The highest BCUT2D eigenvalue weighted by molar-refractivity contribution is 5.68. The van der Waals surface area contributed by atoms with Gasteiger partial charge in [0.15, 0.2) is 0 Å². The molecule has 0 amide bonds. The molecule has 4 rings (SSSR count). The van der Waals surface area contributed by atoms with Crippen molar-refractivity contribution >= 4 is 5.97 Å². The number of carbonyl (C=O) groups excluding carboxylic acids is 1. The molecule has 4 nitrogen and oxygen atoms in total. The standard InChI is InChI=1S/C26H40O4/c1-16(6-5-7-23(28)30-4)18-10-11-19-17-8-9-21-24(29)22(27)13-15-26(21,3)20(17)12-14-25(18,19)2/h8-9,16,18-20,22,24,27,29H,5-7,10-15H2,1-4H3/t16-,18-,19+,20+,22+,24-,25-,26-/m1/s1. The van der Waals surface area contributed by atoms with Gasteiger partial charge in [0.05, 0.1) is 13.2 Å². The molecule has 0 aromatic rings. The molecule has 4 aliphatic carbocycles. The van der Waals surface area contributed by atoms with Crippen molar-refractivity contribution in [3.05, 3.63) is 23.3 Å². The Kier molecular flexibility index (Phi) is 5.95. The average molecular weight is 417 g/mol. The number of aliphatic hydroxyl groups is 2. The van der Waals surface area contributed by atoms with Crippen molar-refractivity contribution in [1.29, 1.82) is 0 Å². The second-order valence-corrected chi connectivity index (χ2v) is 11.0. The van der Waals surface area contributed by atoms with Crippen molar-refractivity contribution < 1.29 is 19.7 Å². The normalized spacial score (nSPS) is 43.6. The molecule has 4 heteroatoms. The molecule has 0 aromatic carbocycles. The van der Waals surface area contributed by atoms with E-state index in [0.717, 1.165) is 24.8 Å². The Balaban J connectivity index is 1.52. The highest BCUT2D eigenvalue weighted by atomic mass is 16.5. The minimum Gasteiger partial charge on any atom is -0.469 e. The lowest BCUT2D eigenvalue weighted by Crippen LogP contribution is -2.50. The summed E-state index contributed by atoms with van der Waals surface area (Å²) in [6.45, 7) is 7.23. The number of fused-ring (bicyclic) bond motifs is 5. The van der Waals surface area contributed by atoms with Gasteiger partial charge in [-0.05, 0) is 91.4 Å². The average Bonchev–Trinajstić information content (AvgIpc) is 3.08. The number of esters is 1. The molecule has 0 saturated heterocycles. The fraction of sp³-hybridized carbons (Fsp3) is 0.808. The molecule has 4 aliphatic rings.